The Bertz CT molecular complexity index is 1430. The molecule has 0 saturated carbocycles. The third-order valence-electron chi connectivity index (χ3n) is 6.68. The molecular formula is C32H38FN3O5. The number of nitrogens with zero attached hydrogens (tertiary/aromatic N) is 2. The van der Waals surface area contributed by atoms with Gasteiger partial charge in [-0.3, -0.25) is 9.88 Å². The Hall–Kier alpha value is -3.92. The Morgan fingerprint density at radius 2 is 1.54 bits per heavy atom. The second-order valence-electron chi connectivity index (χ2n) is 10.7. The maximum absolute atomic E-state index is 15.1. The van der Waals surface area contributed by atoms with Crippen molar-refractivity contribution in [3.63, 3.8) is 0 Å². The van der Waals surface area contributed by atoms with Crippen molar-refractivity contribution in [2.45, 2.75) is 26.2 Å². The number of aliphatic hydroxyl groups is 2. The number of methoxy groups -OCH3 is 1. The van der Waals surface area contributed by atoms with Gasteiger partial charge in [-0.05, 0) is 47.4 Å². The molecule has 41 heavy (non-hydrogen) atoms. The Morgan fingerprint density at radius 3 is 2.17 bits per heavy atom. The minimum Gasteiger partial charge on any atom is -0.493 e. The summed E-state index contributed by atoms with van der Waals surface area (Å²) in [6, 6.07) is 18.0. The molecule has 4 rings (SSSR count). The van der Waals surface area contributed by atoms with Crippen molar-refractivity contribution in [2.75, 3.05) is 51.9 Å². The fourth-order valence-corrected chi connectivity index (χ4v) is 4.39. The summed E-state index contributed by atoms with van der Waals surface area (Å²) in [4.78, 5) is 6.33. The van der Waals surface area contributed by atoms with Gasteiger partial charge >= 0.3 is 0 Å². The number of fused-ring (bicyclic) bond motifs is 1. The van der Waals surface area contributed by atoms with Gasteiger partial charge in [0.05, 0.1) is 25.8 Å². The standard InChI is InChI=1S/C32H38FN3O5/c1-32(2,3)22-5-7-23(8-6-22)35-24-9-10-29(26(33)19-24)41-28-11-12-34-27-21-31(30(39-4)20-25(27)28)40-18-15-36(13-16-37)14-17-38/h5-12,19-21,35,37-38H,13-18H2,1-4H3. The fraction of sp³-hybridized carbons (Fsp3) is 0.344. The highest BCUT2D eigenvalue weighted by Crippen LogP contribution is 2.38. The van der Waals surface area contributed by atoms with E-state index in [1.165, 1.54) is 18.7 Å². The van der Waals surface area contributed by atoms with Crippen LogP contribution in [0.15, 0.2) is 66.9 Å². The van der Waals surface area contributed by atoms with E-state index in [9.17, 15) is 10.2 Å². The average molecular weight is 564 g/mol. The van der Waals surface area contributed by atoms with Crippen molar-refractivity contribution in [2.24, 2.45) is 0 Å². The Labute approximate surface area is 240 Å². The summed E-state index contributed by atoms with van der Waals surface area (Å²) in [5.41, 5.74) is 3.35. The molecule has 3 N–H and O–H groups in total. The van der Waals surface area contributed by atoms with E-state index in [4.69, 9.17) is 14.2 Å². The van der Waals surface area contributed by atoms with E-state index >= 15 is 4.39 Å². The molecule has 0 unspecified atom stereocenters. The van der Waals surface area contributed by atoms with Crippen LogP contribution in [0.25, 0.3) is 10.9 Å². The van der Waals surface area contributed by atoms with Crippen LogP contribution in [0, 0.1) is 5.82 Å². The van der Waals surface area contributed by atoms with Gasteiger partial charge in [-0.1, -0.05) is 32.9 Å². The summed E-state index contributed by atoms with van der Waals surface area (Å²) < 4.78 is 32.6. The molecule has 0 spiro atoms. The molecule has 0 fully saturated rings. The molecule has 0 saturated heterocycles. The van der Waals surface area contributed by atoms with Gasteiger partial charge in [0.25, 0.3) is 0 Å². The normalized spacial score (nSPS) is 11.6. The van der Waals surface area contributed by atoms with E-state index in [0.717, 1.165) is 5.69 Å². The number of aromatic nitrogens is 1. The smallest absolute Gasteiger partial charge is 0.167 e. The number of aliphatic hydroxyl groups excluding tert-OH is 2. The fourth-order valence-electron chi connectivity index (χ4n) is 4.39. The first-order valence-electron chi connectivity index (χ1n) is 13.6. The number of hydrogen-bond donors (Lipinski definition) is 3. The maximum atomic E-state index is 15.1. The molecule has 0 radical (unpaired) electrons. The predicted octanol–water partition coefficient (Wildman–Crippen LogP) is 5.88. The number of pyridine rings is 1. The highest BCUT2D eigenvalue weighted by molar-refractivity contribution is 5.88. The number of nitrogens with one attached hydrogen (secondary N) is 1. The van der Waals surface area contributed by atoms with Gasteiger partial charge in [0.1, 0.15) is 12.4 Å². The zero-order valence-electron chi connectivity index (χ0n) is 24.0. The van der Waals surface area contributed by atoms with Crippen LogP contribution in [0.2, 0.25) is 0 Å². The van der Waals surface area contributed by atoms with Gasteiger partial charge in [0.2, 0.25) is 0 Å². The van der Waals surface area contributed by atoms with Gasteiger partial charge in [-0.15, -0.1) is 0 Å². The van der Waals surface area contributed by atoms with Gasteiger partial charge in [-0.2, -0.15) is 0 Å². The molecule has 1 heterocycles. The third kappa shape index (κ3) is 7.85. The lowest BCUT2D eigenvalue weighted by molar-refractivity contribution is 0.140. The minimum absolute atomic E-state index is 0.00270. The number of benzene rings is 3. The van der Waals surface area contributed by atoms with Gasteiger partial charge < -0.3 is 29.7 Å². The molecule has 9 heteroatoms. The molecule has 1 aromatic heterocycles. The van der Waals surface area contributed by atoms with Crippen LogP contribution in [0.3, 0.4) is 0 Å². The van der Waals surface area contributed by atoms with Crippen molar-refractivity contribution < 1.29 is 28.8 Å². The second-order valence-corrected chi connectivity index (χ2v) is 10.7. The summed E-state index contributed by atoms with van der Waals surface area (Å²) >= 11 is 0. The Balaban J connectivity index is 1.49. The number of anilines is 2. The van der Waals surface area contributed by atoms with Crippen molar-refractivity contribution in [3.8, 4) is 23.0 Å². The second kappa shape index (κ2) is 13.6. The van der Waals surface area contributed by atoms with Crippen LogP contribution < -0.4 is 19.5 Å². The minimum atomic E-state index is -0.506. The highest BCUT2D eigenvalue weighted by atomic mass is 19.1. The van der Waals surface area contributed by atoms with E-state index < -0.39 is 5.82 Å². The van der Waals surface area contributed by atoms with Crippen molar-refractivity contribution in [1.82, 2.24) is 9.88 Å². The topological polar surface area (TPSA) is 96.3 Å². The molecule has 0 aliphatic carbocycles. The van der Waals surface area contributed by atoms with Gasteiger partial charge in [0, 0.05) is 54.7 Å². The van der Waals surface area contributed by atoms with Crippen LogP contribution >= 0.6 is 0 Å². The number of ether oxygens (including phenoxy) is 3. The average Bonchev–Trinajstić information content (AvgIpc) is 2.94. The lowest BCUT2D eigenvalue weighted by Crippen LogP contribution is -2.33. The molecule has 8 nitrogen and oxygen atoms in total. The molecule has 218 valence electrons. The molecule has 0 amide bonds. The summed E-state index contributed by atoms with van der Waals surface area (Å²) in [6.45, 7) is 8.21. The molecule has 3 aromatic carbocycles. The van der Waals surface area contributed by atoms with Crippen molar-refractivity contribution in [1.29, 1.82) is 0 Å². The Morgan fingerprint density at radius 1 is 0.829 bits per heavy atom. The lowest BCUT2D eigenvalue weighted by Gasteiger charge is -2.20. The molecule has 0 bridgehead atoms. The van der Waals surface area contributed by atoms with Crippen LogP contribution in [0.5, 0.6) is 23.0 Å². The summed E-state index contributed by atoms with van der Waals surface area (Å²) in [5.74, 6) is 0.972. The SMILES string of the molecule is COc1cc2c(Oc3ccc(Nc4ccc(C(C)(C)C)cc4)cc3F)ccnc2cc1OCCN(CCO)CCO. The van der Waals surface area contributed by atoms with Gasteiger partial charge in [-0.25, -0.2) is 4.39 Å². The molecule has 0 aliphatic heterocycles. The predicted molar refractivity (Wildman–Crippen MR) is 159 cm³/mol. The van der Waals surface area contributed by atoms with E-state index in [1.54, 1.807) is 36.5 Å². The van der Waals surface area contributed by atoms with Crippen molar-refractivity contribution >= 4 is 22.3 Å². The van der Waals surface area contributed by atoms with Crippen molar-refractivity contribution in [3.05, 3.63) is 78.2 Å². The third-order valence-corrected chi connectivity index (χ3v) is 6.68. The first kappa shape index (κ1) is 30.0. The Kier molecular flexibility index (Phi) is 9.99. The summed E-state index contributed by atoms with van der Waals surface area (Å²) in [7, 11) is 1.54. The monoisotopic (exact) mass is 563 g/mol. The zero-order valence-corrected chi connectivity index (χ0v) is 24.0. The highest BCUT2D eigenvalue weighted by Gasteiger charge is 2.15. The first-order chi connectivity index (χ1) is 19.7. The van der Waals surface area contributed by atoms with Gasteiger partial charge in [0.15, 0.2) is 23.1 Å². The first-order valence-corrected chi connectivity index (χ1v) is 13.6. The molecule has 4 aromatic rings. The van der Waals surface area contributed by atoms with Crippen LogP contribution in [-0.4, -0.2) is 66.7 Å². The molecular weight excluding hydrogens is 525 g/mol. The quantitative estimate of drug-likeness (QED) is 0.186. The number of halogens is 1. The largest absolute Gasteiger partial charge is 0.493 e. The van der Waals surface area contributed by atoms with E-state index in [1.807, 2.05) is 17.0 Å². The zero-order chi connectivity index (χ0) is 29.4. The molecule has 0 atom stereocenters. The van der Waals surface area contributed by atoms with E-state index in [0.29, 0.717) is 60.1 Å². The summed E-state index contributed by atoms with van der Waals surface area (Å²) in [6.07, 6.45) is 1.59. The van der Waals surface area contributed by atoms with Crippen LogP contribution in [-0.2, 0) is 5.41 Å². The van der Waals surface area contributed by atoms with E-state index in [2.05, 4.69) is 43.2 Å². The van der Waals surface area contributed by atoms with E-state index in [-0.39, 0.29) is 24.4 Å². The summed E-state index contributed by atoms with van der Waals surface area (Å²) in [5, 5.41) is 22.3. The maximum Gasteiger partial charge on any atom is 0.167 e. The van der Waals surface area contributed by atoms with Crippen LogP contribution in [0.1, 0.15) is 26.3 Å². The number of hydrogen-bond acceptors (Lipinski definition) is 8. The molecule has 0 aliphatic rings. The van der Waals surface area contributed by atoms with Crippen LogP contribution in [0.4, 0.5) is 15.8 Å². The number of rotatable bonds is 13. The lowest BCUT2D eigenvalue weighted by atomic mass is 9.87.